The molecule has 2 rings (SSSR count). The summed E-state index contributed by atoms with van der Waals surface area (Å²) >= 11 is 9.21. The maximum Gasteiger partial charge on any atom is 0.345 e. The van der Waals surface area contributed by atoms with Crippen molar-refractivity contribution in [2.75, 3.05) is 0 Å². The molecule has 0 spiro atoms. The van der Waals surface area contributed by atoms with Crippen molar-refractivity contribution in [3.8, 4) is 5.75 Å². The quantitative estimate of drug-likeness (QED) is 0.610. The van der Waals surface area contributed by atoms with Gasteiger partial charge in [0.2, 0.25) is 0 Å². The first kappa shape index (κ1) is 12.1. The van der Waals surface area contributed by atoms with Gasteiger partial charge in [-0.2, -0.15) is 0 Å². The smallest absolute Gasteiger partial charge is 0.345 e. The van der Waals surface area contributed by atoms with Crippen LogP contribution in [0, 0.1) is 0 Å². The first-order chi connectivity index (χ1) is 8.16. The Kier molecular flexibility index (Phi) is 3.82. The molecule has 0 aliphatic carbocycles. The fourth-order valence-corrected chi connectivity index (χ4v) is 1.77. The highest BCUT2D eigenvalue weighted by atomic mass is 79.9. The van der Waals surface area contributed by atoms with Crippen molar-refractivity contribution in [3.63, 3.8) is 0 Å². The van der Waals surface area contributed by atoms with Crippen LogP contribution in [0.5, 0.6) is 5.75 Å². The van der Waals surface area contributed by atoms with E-state index in [0.29, 0.717) is 16.3 Å². The van der Waals surface area contributed by atoms with E-state index >= 15 is 0 Å². The van der Waals surface area contributed by atoms with E-state index in [-0.39, 0.29) is 0 Å². The molecule has 2 nitrogen and oxygen atoms in total. The number of halogens is 2. The summed E-state index contributed by atoms with van der Waals surface area (Å²) in [5.41, 5.74) is 0.358. The Bertz CT molecular complexity index is 537. The van der Waals surface area contributed by atoms with Crippen LogP contribution in [-0.2, 0) is 0 Å². The summed E-state index contributed by atoms with van der Waals surface area (Å²) in [4.78, 5) is 11.8. The summed E-state index contributed by atoms with van der Waals surface area (Å²) in [7, 11) is 0. The topological polar surface area (TPSA) is 26.3 Å². The molecule has 0 unspecified atom stereocenters. The lowest BCUT2D eigenvalue weighted by molar-refractivity contribution is 0.0735. The van der Waals surface area contributed by atoms with Crippen LogP contribution in [0.1, 0.15) is 10.4 Å². The normalized spacial score (nSPS) is 10.0. The summed E-state index contributed by atoms with van der Waals surface area (Å²) in [6, 6.07) is 13.8. The molecule has 0 saturated carbocycles. The van der Waals surface area contributed by atoms with Gasteiger partial charge in [-0.25, -0.2) is 4.79 Å². The Morgan fingerprint density at radius 2 is 1.71 bits per heavy atom. The average Bonchev–Trinajstić information content (AvgIpc) is 2.32. The second-order valence-electron chi connectivity index (χ2n) is 3.32. The highest BCUT2D eigenvalue weighted by Gasteiger charge is 2.11. The van der Waals surface area contributed by atoms with Crippen molar-refractivity contribution >= 4 is 33.5 Å². The highest BCUT2D eigenvalue weighted by molar-refractivity contribution is 9.10. The number of ether oxygens (including phenoxy) is 1. The molecule has 17 heavy (non-hydrogen) atoms. The maximum atomic E-state index is 11.8. The predicted octanol–water partition coefficient (Wildman–Crippen LogP) is 4.32. The second-order valence-corrected chi connectivity index (χ2v) is 4.65. The fourth-order valence-electron chi connectivity index (χ4n) is 1.29. The molecule has 2 aromatic rings. The Morgan fingerprint density at radius 1 is 1.06 bits per heavy atom. The lowest BCUT2D eigenvalue weighted by Crippen LogP contribution is -2.08. The van der Waals surface area contributed by atoms with Crippen molar-refractivity contribution in [1.82, 2.24) is 0 Å². The lowest BCUT2D eigenvalue weighted by atomic mass is 10.2. The summed E-state index contributed by atoms with van der Waals surface area (Å²) in [6.45, 7) is 0. The number of hydrogen-bond donors (Lipinski definition) is 0. The minimum Gasteiger partial charge on any atom is -0.423 e. The standard InChI is InChI=1S/C13H8BrClO2/c14-9-5-7-10(8-6-9)17-13(16)11-3-1-2-4-12(11)15/h1-8H. The van der Waals surface area contributed by atoms with Crippen LogP contribution in [0.2, 0.25) is 5.02 Å². The van der Waals surface area contributed by atoms with Gasteiger partial charge in [-0.15, -0.1) is 0 Å². The third-order valence-corrected chi connectivity index (χ3v) is 2.98. The molecule has 0 saturated heterocycles. The number of rotatable bonds is 2. The molecule has 0 amide bonds. The Labute approximate surface area is 112 Å². The number of carbonyl (C=O) groups excluding carboxylic acids is 1. The Balaban J connectivity index is 2.17. The van der Waals surface area contributed by atoms with Crippen LogP contribution in [0.3, 0.4) is 0 Å². The van der Waals surface area contributed by atoms with Crippen LogP contribution in [0.4, 0.5) is 0 Å². The van der Waals surface area contributed by atoms with Gasteiger partial charge < -0.3 is 4.74 Å². The molecule has 0 fully saturated rings. The van der Waals surface area contributed by atoms with Gasteiger partial charge in [0.05, 0.1) is 10.6 Å². The minimum atomic E-state index is -0.460. The van der Waals surface area contributed by atoms with Gasteiger partial charge >= 0.3 is 5.97 Å². The zero-order valence-corrected chi connectivity index (χ0v) is 11.0. The SMILES string of the molecule is O=C(Oc1ccc(Br)cc1)c1ccccc1Cl. The highest BCUT2D eigenvalue weighted by Crippen LogP contribution is 2.20. The fraction of sp³-hybridized carbons (Fsp3) is 0. The zero-order valence-electron chi connectivity index (χ0n) is 8.69. The largest absolute Gasteiger partial charge is 0.423 e. The monoisotopic (exact) mass is 310 g/mol. The number of hydrogen-bond acceptors (Lipinski definition) is 2. The van der Waals surface area contributed by atoms with E-state index in [1.807, 2.05) is 0 Å². The number of benzene rings is 2. The van der Waals surface area contributed by atoms with Crippen LogP contribution >= 0.6 is 27.5 Å². The van der Waals surface area contributed by atoms with Crippen molar-refractivity contribution in [1.29, 1.82) is 0 Å². The molecule has 86 valence electrons. The Hall–Kier alpha value is -1.32. The predicted molar refractivity (Wildman–Crippen MR) is 70.6 cm³/mol. The average molecular weight is 312 g/mol. The summed E-state index contributed by atoms with van der Waals surface area (Å²) in [5, 5.41) is 0.384. The van der Waals surface area contributed by atoms with Crippen LogP contribution in [0.15, 0.2) is 53.0 Å². The van der Waals surface area contributed by atoms with Crippen molar-refractivity contribution in [3.05, 3.63) is 63.6 Å². The van der Waals surface area contributed by atoms with E-state index in [4.69, 9.17) is 16.3 Å². The van der Waals surface area contributed by atoms with Crippen molar-refractivity contribution in [2.45, 2.75) is 0 Å². The second kappa shape index (κ2) is 5.34. The van der Waals surface area contributed by atoms with Crippen LogP contribution in [0.25, 0.3) is 0 Å². The van der Waals surface area contributed by atoms with Crippen LogP contribution < -0.4 is 4.74 Å². The molecular formula is C13H8BrClO2. The van der Waals surface area contributed by atoms with Gasteiger partial charge in [0.15, 0.2) is 0 Å². The Morgan fingerprint density at radius 3 is 2.35 bits per heavy atom. The first-order valence-corrected chi connectivity index (χ1v) is 6.06. The molecular weight excluding hydrogens is 303 g/mol. The number of carbonyl (C=O) groups is 1. The molecule has 4 heteroatoms. The molecule has 0 atom stereocenters. The molecule has 0 aliphatic heterocycles. The van der Waals surface area contributed by atoms with E-state index in [1.165, 1.54) is 0 Å². The molecule has 0 N–H and O–H groups in total. The third kappa shape index (κ3) is 3.08. The van der Waals surface area contributed by atoms with Gasteiger partial charge in [0, 0.05) is 4.47 Å². The molecule has 0 aromatic heterocycles. The zero-order chi connectivity index (χ0) is 12.3. The summed E-state index contributed by atoms with van der Waals surface area (Å²) in [5.74, 6) is 0.0241. The summed E-state index contributed by atoms with van der Waals surface area (Å²) in [6.07, 6.45) is 0. The minimum absolute atomic E-state index is 0.358. The van der Waals surface area contributed by atoms with Gasteiger partial charge in [0.1, 0.15) is 5.75 Å². The van der Waals surface area contributed by atoms with Gasteiger partial charge in [0.25, 0.3) is 0 Å². The molecule has 0 heterocycles. The van der Waals surface area contributed by atoms with E-state index in [2.05, 4.69) is 15.9 Å². The third-order valence-electron chi connectivity index (χ3n) is 2.12. The molecule has 0 bridgehead atoms. The van der Waals surface area contributed by atoms with Gasteiger partial charge in [-0.05, 0) is 36.4 Å². The summed E-state index contributed by atoms with van der Waals surface area (Å²) < 4.78 is 6.12. The van der Waals surface area contributed by atoms with E-state index in [0.717, 1.165) is 4.47 Å². The van der Waals surface area contributed by atoms with E-state index in [1.54, 1.807) is 48.5 Å². The van der Waals surface area contributed by atoms with Crippen molar-refractivity contribution < 1.29 is 9.53 Å². The van der Waals surface area contributed by atoms with Crippen LogP contribution in [-0.4, -0.2) is 5.97 Å². The van der Waals surface area contributed by atoms with Gasteiger partial charge in [-0.1, -0.05) is 39.7 Å². The first-order valence-electron chi connectivity index (χ1n) is 4.89. The lowest BCUT2D eigenvalue weighted by Gasteiger charge is -2.05. The molecule has 2 aromatic carbocycles. The van der Waals surface area contributed by atoms with E-state index < -0.39 is 5.97 Å². The van der Waals surface area contributed by atoms with E-state index in [9.17, 15) is 4.79 Å². The molecule has 0 aliphatic rings. The maximum absolute atomic E-state index is 11.8. The van der Waals surface area contributed by atoms with Gasteiger partial charge in [-0.3, -0.25) is 0 Å². The van der Waals surface area contributed by atoms with Crippen molar-refractivity contribution in [2.24, 2.45) is 0 Å². The number of esters is 1. The molecule has 0 radical (unpaired) electrons.